The van der Waals surface area contributed by atoms with Gasteiger partial charge in [-0.05, 0) is 30.3 Å². The van der Waals surface area contributed by atoms with Crippen LogP contribution in [0.2, 0.25) is 0 Å². The largest absolute Gasteiger partial charge is 0.573 e. The van der Waals surface area contributed by atoms with Crippen LogP contribution in [0.1, 0.15) is 0 Å². The van der Waals surface area contributed by atoms with E-state index in [1.165, 1.54) is 23.1 Å². The van der Waals surface area contributed by atoms with Crippen LogP contribution in [0.4, 0.5) is 35.0 Å². The summed E-state index contributed by atoms with van der Waals surface area (Å²) in [5.74, 6) is -0.381. The maximum absolute atomic E-state index is 12.4. The van der Waals surface area contributed by atoms with Crippen LogP contribution >= 0.6 is 0 Å². The van der Waals surface area contributed by atoms with Gasteiger partial charge in [-0.3, -0.25) is 10.1 Å². The number of nitrogens with one attached hydrogen (secondary N) is 1. The third-order valence-corrected chi connectivity index (χ3v) is 4.33. The topological polar surface area (TPSA) is 88.0 Å². The second kappa shape index (κ2) is 8.25. The highest BCUT2D eigenvalue weighted by molar-refractivity contribution is 5.89. The van der Waals surface area contributed by atoms with Gasteiger partial charge >= 0.3 is 12.4 Å². The number of anilines is 2. The lowest BCUT2D eigenvalue weighted by Crippen LogP contribution is -2.50. The van der Waals surface area contributed by atoms with Gasteiger partial charge < -0.3 is 19.9 Å². The number of urea groups is 1. The maximum Gasteiger partial charge on any atom is 0.573 e. The Morgan fingerprint density at radius 3 is 2.24 bits per heavy atom. The van der Waals surface area contributed by atoms with E-state index in [0.717, 1.165) is 12.1 Å². The molecule has 0 aliphatic carbocycles. The average molecular weight is 410 g/mol. The van der Waals surface area contributed by atoms with Crippen LogP contribution in [-0.4, -0.2) is 48.4 Å². The molecule has 0 aromatic heterocycles. The van der Waals surface area contributed by atoms with Crippen molar-refractivity contribution in [2.24, 2.45) is 0 Å². The van der Waals surface area contributed by atoms with Crippen LogP contribution in [0.25, 0.3) is 0 Å². The van der Waals surface area contributed by atoms with Gasteiger partial charge in [-0.2, -0.15) is 0 Å². The summed E-state index contributed by atoms with van der Waals surface area (Å²) in [5.41, 5.74) is 0.829. The van der Waals surface area contributed by atoms with Crippen LogP contribution in [-0.2, 0) is 0 Å². The molecule has 8 nitrogen and oxygen atoms in total. The van der Waals surface area contributed by atoms with Crippen molar-refractivity contribution in [3.63, 3.8) is 0 Å². The molecule has 1 heterocycles. The van der Waals surface area contributed by atoms with E-state index < -0.39 is 17.3 Å². The van der Waals surface area contributed by atoms with E-state index in [9.17, 15) is 28.1 Å². The SMILES string of the molecule is O=C(Nc1ccc(OC(F)(F)F)cc1)N1CCN(c2ccccc2[N+](=O)[O-])CC1. The van der Waals surface area contributed by atoms with Gasteiger partial charge in [0.1, 0.15) is 11.4 Å². The molecule has 1 fully saturated rings. The van der Waals surface area contributed by atoms with Crippen molar-refractivity contribution in [1.29, 1.82) is 0 Å². The number of alkyl halides is 3. The van der Waals surface area contributed by atoms with Gasteiger partial charge in [0.25, 0.3) is 5.69 Å². The van der Waals surface area contributed by atoms with Gasteiger partial charge in [0.15, 0.2) is 0 Å². The van der Waals surface area contributed by atoms with E-state index in [-0.39, 0.29) is 11.4 Å². The number of carbonyl (C=O) groups is 1. The van der Waals surface area contributed by atoms with Crippen molar-refractivity contribution in [2.75, 3.05) is 36.4 Å². The van der Waals surface area contributed by atoms with E-state index in [4.69, 9.17) is 0 Å². The first-order valence-electron chi connectivity index (χ1n) is 8.63. The second-order valence-corrected chi connectivity index (χ2v) is 6.22. The normalized spacial score (nSPS) is 14.4. The lowest BCUT2D eigenvalue weighted by atomic mass is 10.2. The zero-order chi connectivity index (χ0) is 21.0. The molecule has 29 heavy (non-hydrogen) atoms. The van der Waals surface area contributed by atoms with Crippen LogP contribution in [0.5, 0.6) is 5.75 Å². The summed E-state index contributed by atoms with van der Waals surface area (Å²) in [4.78, 5) is 26.5. The number of hydrogen-bond donors (Lipinski definition) is 1. The minimum atomic E-state index is -4.78. The fraction of sp³-hybridized carbons (Fsp3) is 0.278. The molecule has 11 heteroatoms. The van der Waals surface area contributed by atoms with Gasteiger partial charge in [-0.1, -0.05) is 12.1 Å². The minimum Gasteiger partial charge on any atom is -0.406 e. The molecule has 0 radical (unpaired) electrons. The van der Waals surface area contributed by atoms with E-state index >= 15 is 0 Å². The lowest BCUT2D eigenvalue weighted by Gasteiger charge is -2.35. The number of benzene rings is 2. The molecular weight excluding hydrogens is 393 g/mol. The molecule has 2 amide bonds. The Morgan fingerprint density at radius 2 is 1.66 bits per heavy atom. The highest BCUT2D eigenvalue weighted by Gasteiger charge is 2.31. The van der Waals surface area contributed by atoms with Crippen molar-refractivity contribution in [3.8, 4) is 5.75 Å². The van der Waals surface area contributed by atoms with Gasteiger partial charge in [0, 0.05) is 37.9 Å². The highest BCUT2D eigenvalue weighted by Crippen LogP contribution is 2.28. The number of para-hydroxylation sites is 2. The van der Waals surface area contributed by atoms with Crippen molar-refractivity contribution < 1.29 is 27.6 Å². The van der Waals surface area contributed by atoms with Crippen LogP contribution in [0.15, 0.2) is 48.5 Å². The molecule has 2 aromatic carbocycles. The molecule has 3 rings (SSSR count). The summed E-state index contributed by atoms with van der Waals surface area (Å²) in [6.45, 7) is 1.51. The molecule has 1 aliphatic heterocycles. The number of nitrogens with zero attached hydrogens (tertiary/aromatic N) is 3. The Balaban J connectivity index is 1.56. The van der Waals surface area contributed by atoms with Crippen molar-refractivity contribution in [3.05, 3.63) is 58.6 Å². The van der Waals surface area contributed by atoms with Crippen LogP contribution in [0.3, 0.4) is 0 Å². The molecule has 0 saturated carbocycles. The number of rotatable bonds is 4. The first-order chi connectivity index (χ1) is 13.7. The van der Waals surface area contributed by atoms with Gasteiger partial charge in [0.2, 0.25) is 0 Å². The third kappa shape index (κ3) is 5.27. The number of ether oxygens (including phenoxy) is 1. The summed E-state index contributed by atoms with van der Waals surface area (Å²) >= 11 is 0. The fourth-order valence-electron chi connectivity index (χ4n) is 2.98. The molecule has 0 atom stereocenters. The molecular formula is C18H17F3N4O4. The molecule has 1 saturated heterocycles. The molecule has 1 aliphatic rings. The molecule has 1 N–H and O–H groups in total. The number of amides is 2. The fourth-order valence-corrected chi connectivity index (χ4v) is 2.98. The molecule has 0 spiro atoms. The Kier molecular flexibility index (Phi) is 5.76. The zero-order valence-electron chi connectivity index (χ0n) is 15.1. The summed E-state index contributed by atoms with van der Waals surface area (Å²) < 4.78 is 40.3. The Hall–Kier alpha value is -3.50. The number of nitro benzene ring substituents is 1. The minimum absolute atomic E-state index is 0.00608. The smallest absolute Gasteiger partial charge is 0.406 e. The second-order valence-electron chi connectivity index (χ2n) is 6.22. The monoisotopic (exact) mass is 410 g/mol. The highest BCUT2D eigenvalue weighted by atomic mass is 19.4. The first kappa shape index (κ1) is 20.2. The van der Waals surface area contributed by atoms with Crippen LogP contribution in [0, 0.1) is 10.1 Å². The summed E-state index contributed by atoms with van der Waals surface area (Å²) in [5, 5.41) is 13.8. The number of carbonyl (C=O) groups excluding carboxylic acids is 1. The number of halogens is 3. The number of hydrogen-bond acceptors (Lipinski definition) is 5. The molecule has 0 bridgehead atoms. The van der Waals surface area contributed by atoms with Gasteiger partial charge in [-0.15, -0.1) is 13.2 Å². The Labute approximate surface area is 163 Å². The lowest BCUT2D eigenvalue weighted by molar-refractivity contribution is -0.384. The van der Waals surface area contributed by atoms with Gasteiger partial charge in [-0.25, -0.2) is 4.79 Å². The molecule has 2 aromatic rings. The van der Waals surface area contributed by atoms with Gasteiger partial charge in [0.05, 0.1) is 4.92 Å². The van der Waals surface area contributed by atoms with E-state index in [0.29, 0.717) is 37.6 Å². The van der Waals surface area contributed by atoms with Crippen molar-refractivity contribution in [2.45, 2.75) is 6.36 Å². The van der Waals surface area contributed by atoms with E-state index in [1.54, 1.807) is 18.2 Å². The summed E-state index contributed by atoms with van der Waals surface area (Å²) in [6.07, 6.45) is -4.78. The zero-order valence-corrected chi connectivity index (χ0v) is 15.1. The van der Waals surface area contributed by atoms with Crippen molar-refractivity contribution in [1.82, 2.24) is 4.90 Å². The maximum atomic E-state index is 12.4. The predicted octanol–water partition coefficient (Wildman–Crippen LogP) is 3.85. The number of piperazine rings is 1. The molecule has 0 unspecified atom stereocenters. The first-order valence-corrected chi connectivity index (χ1v) is 8.63. The average Bonchev–Trinajstić information content (AvgIpc) is 2.68. The van der Waals surface area contributed by atoms with Crippen LogP contribution < -0.4 is 15.0 Å². The van der Waals surface area contributed by atoms with E-state index in [1.807, 2.05) is 4.90 Å². The third-order valence-electron chi connectivity index (χ3n) is 4.33. The van der Waals surface area contributed by atoms with E-state index in [2.05, 4.69) is 10.1 Å². The summed E-state index contributed by atoms with van der Waals surface area (Å²) in [6, 6.07) is 10.8. The summed E-state index contributed by atoms with van der Waals surface area (Å²) in [7, 11) is 0. The predicted molar refractivity (Wildman–Crippen MR) is 99.0 cm³/mol. The number of nitro groups is 1. The quantitative estimate of drug-likeness (QED) is 0.611. The standard InChI is InChI=1S/C18H17F3N4O4/c19-18(20,21)29-14-7-5-13(6-8-14)22-17(26)24-11-9-23(10-12-24)15-3-1-2-4-16(15)25(27)28/h1-8H,9-12H2,(H,22,26). The Morgan fingerprint density at radius 1 is 1.03 bits per heavy atom. The van der Waals surface area contributed by atoms with Crippen molar-refractivity contribution >= 4 is 23.1 Å². The Bertz CT molecular complexity index is 881. The molecule has 154 valence electrons.